The second-order valence-corrected chi connectivity index (χ2v) is 5.64. The van der Waals surface area contributed by atoms with Crippen LogP contribution in [0.25, 0.3) is 0 Å². The highest BCUT2D eigenvalue weighted by Gasteiger charge is 2.15. The first kappa shape index (κ1) is 11.9. The van der Waals surface area contributed by atoms with Crippen molar-refractivity contribution in [2.24, 2.45) is 5.41 Å². The third kappa shape index (κ3) is 4.39. The molecule has 0 heterocycles. The molecule has 1 aromatic carbocycles. The van der Waals surface area contributed by atoms with Gasteiger partial charge in [0.1, 0.15) is 0 Å². The van der Waals surface area contributed by atoms with E-state index in [0.717, 1.165) is 18.1 Å². The van der Waals surface area contributed by atoms with Gasteiger partial charge in [0.15, 0.2) is 0 Å². The summed E-state index contributed by atoms with van der Waals surface area (Å²) in [5, 5.41) is 0. The van der Waals surface area contributed by atoms with Crippen LogP contribution >= 0.6 is 23.4 Å². The van der Waals surface area contributed by atoms with E-state index < -0.39 is 0 Å². The summed E-state index contributed by atoms with van der Waals surface area (Å²) in [6.07, 6.45) is 1.16. The number of rotatable bonds is 5. The highest BCUT2D eigenvalue weighted by molar-refractivity contribution is 7.99. The van der Waals surface area contributed by atoms with E-state index in [0.29, 0.717) is 0 Å². The van der Waals surface area contributed by atoms with Gasteiger partial charge in [0.05, 0.1) is 0 Å². The number of halogens is 1. The second-order valence-electron chi connectivity index (χ2n) is 4.21. The molecule has 0 spiro atoms. The van der Waals surface area contributed by atoms with Crippen molar-refractivity contribution >= 4 is 23.4 Å². The maximum Gasteiger partial charge on any atom is 0.0275 e. The quantitative estimate of drug-likeness (QED) is 0.531. The Morgan fingerprint density at radius 3 is 2.43 bits per heavy atom. The van der Waals surface area contributed by atoms with E-state index >= 15 is 0 Å². The lowest BCUT2D eigenvalue weighted by Crippen LogP contribution is -2.13. The second kappa shape index (κ2) is 5.67. The van der Waals surface area contributed by atoms with Crippen molar-refractivity contribution in [3.63, 3.8) is 0 Å². The molecule has 1 aromatic rings. The SMILES string of the molecule is CC(C)(CCl)CCSc1ccccc1. The lowest BCUT2D eigenvalue weighted by molar-refractivity contribution is 0.408. The minimum absolute atomic E-state index is 0.267. The zero-order chi connectivity index (χ0) is 10.4. The summed E-state index contributed by atoms with van der Waals surface area (Å²) in [4.78, 5) is 1.35. The Morgan fingerprint density at radius 1 is 1.21 bits per heavy atom. The van der Waals surface area contributed by atoms with Crippen LogP contribution in [0.3, 0.4) is 0 Å². The summed E-state index contributed by atoms with van der Waals surface area (Å²) in [6.45, 7) is 4.43. The Morgan fingerprint density at radius 2 is 1.86 bits per heavy atom. The molecule has 0 bridgehead atoms. The maximum absolute atomic E-state index is 5.87. The van der Waals surface area contributed by atoms with Crippen molar-refractivity contribution in [2.45, 2.75) is 25.2 Å². The molecule has 1 rings (SSSR count). The average molecular weight is 229 g/mol. The summed E-state index contributed by atoms with van der Waals surface area (Å²) < 4.78 is 0. The minimum Gasteiger partial charge on any atom is -0.126 e. The molecule has 0 aliphatic heterocycles. The molecule has 0 amide bonds. The predicted octanol–water partition coefficient (Wildman–Crippen LogP) is 4.43. The largest absolute Gasteiger partial charge is 0.126 e. The molecule has 0 atom stereocenters. The predicted molar refractivity (Wildman–Crippen MR) is 66.3 cm³/mol. The van der Waals surface area contributed by atoms with E-state index in [1.165, 1.54) is 4.90 Å². The minimum atomic E-state index is 0.267. The van der Waals surface area contributed by atoms with Gasteiger partial charge in [0.25, 0.3) is 0 Å². The Labute approximate surface area is 96.0 Å². The molecule has 0 saturated heterocycles. The monoisotopic (exact) mass is 228 g/mol. The zero-order valence-corrected chi connectivity index (χ0v) is 10.4. The van der Waals surface area contributed by atoms with Gasteiger partial charge in [0.2, 0.25) is 0 Å². The molecule has 0 N–H and O–H groups in total. The van der Waals surface area contributed by atoms with Crippen molar-refractivity contribution < 1.29 is 0 Å². The van der Waals surface area contributed by atoms with E-state index in [2.05, 4.69) is 38.1 Å². The van der Waals surface area contributed by atoms with Crippen LogP contribution in [0.1, 0.15) is 20.3 Å². The number of hydrogen-bond donors (Lipinski definition) is 0. The molecule has 0 radical (unpaired) electrons. The molecule has 0 aliphatic rings. The Kier molecular flexibility index (Phi) is 4.83. The van der Waals surface area contributed by atoms with Gasteiger partial charge in [-0.2, -0.15) is 0 Å². The first-order valence-corrected chi connectivity index (χ1v) is 6.40. The Bertz CT molecular complexity index is 256. The maximum atomic E-state index is 5.87. The number of benzene rings is 1. The van der Waals surface area contributed by atoms with Crippen LogP contribution in [0.5, 0.6) is 0 Å². The van der Waals surface area contributed by atoms with Gasteiger partial charge in [-0.05, 0) is 29.7 Å². The molecule has 0 aliphatic carbocycles. The van der Waals surface area contributed by atoms with Crippen molar-refractivity contribution in [3.05, 3.63) is 30.3 Å². The van der Waals surface area contributed by atoms with Gasteiger partial charge < -0.3 is 0 Å². The molecular formula is C12H17ClS. The van der Waals surface area contributed by atoms with Crippen molar-refractivity contribution in [2.75, 3.05) is 11.6 Å². The highest BCUT2D eigenvalue weighted by atomic mass is 35.5. The fourth-order valence-corrected chi connectivity index (χ4v) is 2.40. The number of hydrogen-bond acceptors (Lipinski definition) is 1. The lowest BCUT2D eigenvalue weighted by atomic mass is 9.93. The van der Waals surface area contributed by atoms with E-state index in [4.69, 9.17) is 11.6 Å². The van der Waals surface area contributed by atoms with Crippen molar-refractivity contribution in [1.82, 2.24) is 0 Å². The smallest absolute Gasteiger partial charge is 0.0275 e. The summed E-state index contributed by atoms with van der Waals surface area (Å²) in [5.74, 6) is 1.88. The fraction of sp³-hybridized carbons (Fsp3) is 0.500. The van der Waals surface area contributed by atoms with Gasteiger partial charge in [-0.15, -0.1) is 23.4 Å². The van der Waals surface area contributed by atoms with Crippen molar-refractivity contribution in [3.8, 4) is 0 Å². The van der Waals surface area contributed by atoms with Crippen LogP contribution in [0, 0.1) is 5.41 Å². The molecule has 0 unspecified atom stereocenters. The molecule has 78 valence electrons. The van der Waals surface area contributed by atoms with Crippen LogP contribution in [0.2, 0.25) is 0 Å². The third-order valence-electron chi connectivity index (χ3n) is 2.15. The molecular weight excluding hydrogens is 212 g/mol. The molecule has 0 nitrogen and oxygen atoms in total. The summed E-state index contributed by atoms with van der Waals surface area (Å²) in [7, 11) is 0. The Balaban J connectivity index is 2.29. The van der Waals surface area contributed by atoms with E-state index in [9.17, 15) is 0 Å². The van der Waals surface area contributed by atoms with E-state index in [-0.39, 0.29) is 5.41 Å². The van der Waals surface area contributed by atoms with Gasteiger partial charge in [0, 0.05) is 10.8 Å². The topological polar surface area (TPSA) is 0 Å². The fourth-order valence-electron chi connectivity index (χ4n) is 1.03. The zero-order valence-electron chi connectivity index (χ0n) is 8.79. The lowest BCUT2D eigenvalue weighted by Gasteiger charge is -2.20. The van der Waals surface area contributed by atoms with Gasteiger partial charge >= 0.3 is 0 Å². The van der Waals surface area contributed by atoms with E-state index in [1.54, 1.807) is 0 Å². The van der Waals surface area contributed by atoms with Gasteiger partial charge in [-0.25, -0.2) is 0 Å². The number of alkyl halides is 1. The van der Waals surface area contributed by atoms with Gasteiger partial charge in [-0.3, -0.25) is 0 Å². The average Bonchev–Trinajstić information content (AvgIpc) is 2.19. The summed E-state index contributed by atoms with van der Waals surface area (Å²) in [5.41, 5.74) is 0.267. The first-order valence-electron chi connectivity index (χ1n) is 4.88. The summed E-state index contributed by atoms with van der Waals surface area (Å²) in [6, 6.07) is 10.5. The standard InChI is InChI=1S/C12H17ClS/c1-12(2,10-13)8-9-14-11-6-4-3-5-7-11/h3-7H,8-10H2,1-2H3. The molecule has 2 heteroatoms. The highest BCUT2D eigenvalue weighted by Crippen LogP contribution is 2.27. The third-order valence-corrected chi connectivity index (χ3v) is 3.89. The van der Waals surface area contributed by atoms with Gasteiger partial charge in [-0.1, -0.05) is 32.0 Å². The van der Waals surface area contributed by atoms with Crippen LogP contribution in [-0.4, -0.2) is 11.6 Å². The van der Waals surface area contributed by atoms with Crippen LogP contribution < -0.4 is 0 Å². The van der Waals surface area contributed by atoms with E-state index in [1.807, 2.05) is 17.8 Å². The molecule has 0 aromatic heterocycles. The van der Waals surface area contributed by atoms with Crippen LogP contribution in [0.15, 0.2) is 35.2 Å². The Hall–Kier alpha value is -0.140. The van der Waals surface area contributed by atoms with Crippen molar-refractivity contribution in [1.29, 1.82) is 0 Å². The van der Waals surface area contributed by atoms with Crippen LogP contribution in [0.4, 0.5) is 0 Å². The normalized spacial score (nSPS) is 11.6. The first-order chi connectivity index (χ1) is 6.64. The summed E-state index contributed by atoms with van der Waals surface area (Å²) >= 11 is 7.77. The van der Waals surface area contributed by atoms with Crippen LogP contribution in [-0.2, 0) is 0 Å². The number of thioether (sulfide) groups is 1. The molecule has 14 heavy (non-hydrogen) atoms. The molecule has 0 fully saturated rings. The molecule has 0 saturated carbocycles.